The second-order valence-corrected chi connectivity index (χ2v) is 4.80. The first-order valence-electron chi connectivity index (χ1n) is 7.39. The van der Waals surface area contributed by atoms with Crippen molar-refractivity contribution in [1.29, 1.82) is 0 Å². The lowest BCUT2D eigenvalue weighted by Gasteiger charge is -2.05. The number of nitrogens with one attached hydrogen (secondary N) is 2. The van der Waals surface area contributed by atoms with Gasteiger partial charge in [-0.1, -0.05) is 37.3 Å². The maximum absolute atomic E-state index is 3.51. The van der Waals surface area contributed by atoms with Crippen molar-refractivity contribution in [3.8, 4) is 0 Å². The van der Waals surface area contributed by atoms with Crippen LogP contribution in [0.15, 0.2) is 30.3 Å². The summed E-state index contributed by atoms with van der Waals surface area (Å²) in [4.78, 5) is 0. The Balaban J connectivity index is 1.82. The van der Waals surface area contributed by atoms with Gasteiger partial charge in [0.1, 0.15) is 0 Å². The van der Waals surface area contributed by atoms with Crippen LogP contribution in [0.5, 0.6) is 0 Å². The van der Waals surface area contributed by atoms with Gasteiger partial charge in [0.25, 0.3) is 0 Å². The predicted octanol–water partition coefficient (Wildman–Crippen LogP) is 2.99. The number of unbranched alkanes of at least 4 members (excludes halogenated alkanes) is 1. The van der Waals surface area contributed by atoms with E-state index in [-0.39, 0.29) is 0 Å². The summed E-state index contributed by atoms with van der Waals surface area (Å²) in [7, 11) is 0. The van der Waals surface area contributed by atoms with E-state index in [1.165, 1.54) is 37.7 Å². The maximum atomic E-state index is 3.51. The van der Waals surface area contributed by atoms with Crippen molar-refractivity contribution < 1.29 is 0 Å². The van der Waals surface area contributed by atoms with Gasteiger partial charge in [-0.3, -0.25) is 0 Å². The molecule has 18 heavy (non-hydrogen) atoms. The molecule has 1 rings (SSSR count). The maximum Gasteiger partial charge on any atom is -0.00368 e. The van der Waals surface area contributed by atoms with Crippen LogP contribution in [0.3, 0.4) is 0 Å². The third kappa shape index (κ3) is 8.26. The molecule has 0 radical (unpaired) electrons. The molecule has 0 heterocycles. The van der Waals surface area contributed by atoms with Gasteiger partial charge >= 0.3 is 0 Å². The van der Waals surface area contributed by atoms with E-state index in [1.807, 2.05) is 0 Å². The molecule has 0 atom stereocenters. The molecule has 0 spiro atoms. The fourth-order valence-corrected chi connectivity index (χ4v) is 1.99. The highest BCUT2D eigenvalue weighted by atomic mass is 14.9. The standard InChI is InChI=1S/C16H28N2/c1-2-12-17-14-8-15-18-13-7-6-11-16-9-4-3-5-10-16/h3-5,9-10,17-18H,2,6-8,11-15H2,1H3. The van der Waals surface area contributed by atoms with E-state index in [9.17, 15) is 0 Å². The molecule has 2 nitrogen and oxygen atoms in total. The number of benzene rings is 1. The lowest BCUT2D eigenvalue weighted by atomic mass is 10.1. The summed E-state index contributed by atoms with van der Waals surface area (Å²) in [6.07, 6.45) is 6.23. The van der Waals surface area contributed by atoms with E-state index in [4.69, 9.17) is 0 Å². The third-order valence-electron chi connectivity index (χ3n) is 3.05. The van der Waals surface area contributed by atoms with Crippen LogP contribution in [0.25, 0.3) is 0 Å². The van der Waals surface area contributed by atoms with Gasteiger partial charge in [0.2, 0.25) is 0 Å². The highest BCUT2D eigenvalue weighted by Crippen LogP contribution is 2.03. The number of aryl methyl sites for hydroxylation is 1. The molecule has 0 aliphatic carbocycles. The third-order valence-corrected chi connectivity index (χ3v) is 3.05. The van der Waals surface area contributed by atoms with Gasteiger partial charge < -0.3 is 10.6 Å². The molecule has 0 amide bonds. The quantitative estimate of drug-likeness (QED) is 0.588. The summed E-state index contributed by atoms with van der Waals surface area (Å²) in [6.45, 7) is 6.79. The zero-order chi connectivity index (χ0) is 12.9. The first kappa shape index (κ1) is 15.2. The molecule has 2 heteroatoms. The zero-order valence-electron chi connectivity index (χ0n) is 11.8. The largest absolute Gasteiger partial charge is 0.317 e. The Bertz CT molecular complexity index is 272. The van der Waals surface area contributed by atoms with E-state index in [0.717, 1.165) is 26.2 Å². The average molecular weight is 248 g/mol. The molecule has 0 saturated carbocycles. The molecule has 0 bridgehead atoms. The molecule has 0 fully saturated rings. The SMILES string of the molecule is CCCNCCCNCCCCc1ccccc1. The fraction of sp³-hybridized carbons (Fsp3) is 0.625. The van der Waals surface area contributed by atoms with Crippen molar-refractivity contribution in [2.75, 3.05) is 26.2 Å². The molecular weight excluding hydrogens is 220 g/mol. The van der Waals surface area contributed by atoms with E-state index in [0.29, 0.717) is 0 Å². The van der Waals surface area contributed by atoms with Gasteiger partial charge in [-0.15, -0.1) is 0 Å². The summed E-state index contributed by atoms with van der Waals surface area (Å²) in [6, 6.07) is 10.8. The summed E-state index contributed by atoms with van der Waals surface area (Å²) in [5.74, 6) is 0. The van der Waals surface area contributed by atoms with Crippen molar-refractivity contribution in [2.24, 2.45) is 0 Å². The molecular formula is C16H28N2. The van der Waals surface area contributed by atoms with Crippen LogP contribution < -0.4 is 10.6 Å². The van der Waals surface area contributed by atoms with Crippen molar-refractivity contribution in [2.45, 2.75) is 39.0 Å². The minimum atomic E-state index is 1.14. The van der Waals surface area contributed by atoms with Gasteiger partial charge in [-0.2, -0.15) is 0 Å². The first-order valence-corrected chi connectivity index (χ1v) is 7.39. The number of rotatable bonds is 11. The van der Waals surface area contributed by atoms with Gasteiger partial charge in [0.05, 0.1) is 0 Å². The van der Waals surface area contributed by atoms with Crippen molar-refractivity contribution in [1.82, 2.24) is 10.6 Å². The highest BCUT2D eigenvalue weighted by Gasteiger charge is 1.92. The van der Waals surface area contributed by atoms with E-state index >= 15 is 0 Å². The first-order chi connectivity index (χ1) is 8.93. The Morgan fingerprint density at radius 3 is 2.17 bits per heavy atom. The zero-order valence-corrected chi connectivity index (χ0v) is 11.8. The molecule has 0 aliphatic rings. The van der Waals surface area contributed by atoms with Gasteiger partial charge in [0.15, 0.2) is 0 Å². The summed E-state index contributed by atoms with van der Waals surface area (Å²) >= 11 is 0. The summed E-state index contributed by atoms with van der Waals surface area (Å²) in [5, 5.41) is 6.93. The van der Waals surface area contributed by atoms with Crippen LogP contribution in [0.2, 0.25) is 0 Å². The predicted molar refractivity (Wildman–Crippen MR) is 80.0 cm³/mol. The lowest BCUT2D eigenvalue weighted by molar-refractivity contribution is 0.573. The molecule has 0 aromatic heterocycles. The Kier molecular flexibility index (Phi) is 9.49. The second kappa shape index (κ2) is 11.2. The molecule has 0 saturated heterocycles. The number of hydrogen-bond donors (Lipinski definition) is 2. The molecule has 0 aliphatic heterocycles. The monoisotopic (exact) mass is 248 g/mol. The normalized spacial score (nSPS) is 10.7. The molecule has 1 aromatic carbocycles. The van der Waals surface area contributed by atoms with E-state index in [2.05, 4.69) is 47.9 Å². The summed E-state index contributed by atoms with van der Waals surface area (Å²) in [5.41, 5.74) is 1.46. The van der Waals surface area contributed by atoms with E-state index in [1.54, 1.807) is 0 Å². The Morgan fingerprint density at radius 2 is 1.44 bits per heavy atom. The van der Waals surface area contributed by atoms with Gasteiger partial charge in [-0.05, 0) is 63.8 Å². The Labute approximate surface area is 112 Å². The summed E-state index contributed by atoms with van der Waals surface area (Å²) < 4.78 is 0. The van der Waals surface area contributed by atoms with Crippen LogP contribution in [0, 0.1) is 0 Å². The van der Waals surface area contributed by atoms with Crippen LogP contribution in [0.1, 0.15) is 38.2 Å². The average Bonchev–Trinajstić information content (AvgIpc) is 2.42. The fourth-order valence-electron chi connectivity index (χ4n) is 1.99. The second-order valence-electron chi connectivity index (χ2n) is 4.80. The lowest BCUT2D eigenvalue weighted by Crippen LogP contribution is -2.23. The minimum Gasteiger partial charge on any atom is -0.317 e. The van der Waals surface area contributed by atoms with Gasteiger partial charge in [-0.25, -0.2) is 0 Å². The molecule has 2 N–H and O–H groups in total. The van der Waals surface area contributed by atoms with Crippen molar-refractivity contribution in [3.05, 3.63) is 35.9 Å². The smallest absolute Gasteiger partial charge is 0.00368 e. The van der Waals surface area contributed by atoms with Crippen molar-refractivity contribution >= 4 is 0 Å². The Hall–Kier alpha value is -0.860. The molecule has 102 valence electrons. The molecule has 0 unspecified atom stereocenters. The van der Waals surface area contributed by atoms with E-state index < -0.39 is 0 Å². The topological polar surface area (TPSA) is 24.1 Å². The van der Waals surface area contributed by atoms with Crippen LogP contribution >= 0.6 is 0 Å². The minimum absolute atomic E-state index is 1.14. The van der Waals surface area contributed by atoms with Crippen molar-refractivity contribution in [3.63, 3.8) is 0 Å². The van der Waals surface area contributed by atoms with Crippen LogP contribution in [-0.2, 0) is 6.42 Å². The molecule has 1 aromatic rings. The van der Waals surface area contributed by atoms with Crippen LogP contribution in [0.4, 0.5) is 0 Å². The Morgan fingerprint density at radius 1 is 0.778 bits per heavy atom. The number of hydrogen-bond acceptors (Lipinski definition) is 2. The highest BCUT2D eigenvalue weighted by molar-refractivity contribution is 5.14. The van der Waals surface area contributed by atoms with Crippen LogP contribution in [-0.4, -0.2) is 26.2 Å². The van der Waals surface area contributed by atoms with Gasteiger partial charge in [0, 0.05) is 0 Å².